The minimum absolute atomic E-state index is 0.636. The summed E-state index contributed by atoms with van der Waals surface area (Å²) in [5.74, 6) is 0. The second-order valence-corrected chi connectivity index (χ2v) is 6.36. The van der Waals surface area contributed by atoms with Crippen molar-refractivity contribution in [1.82, 2.24) is 9.97 Å². The van der Waals surface area contributed by atoms with Gasteiger partial charge in [0.15, 0.2) is 4.34 Å². The predicted octanol–water partition coefficient (Wildman–Crippen LogP) is 4.08. The molecule has 6 heteroatoms. The van der Waals surface area contributed by atoms with Crippen LogP contribution in [-0.2, 0) is 0 Å². The Labute approximate surface area is 117 Å². The number of fused-ring (bicyclic) bond motifs is 1. The summed E-state index contributed by atoms with van der Waals surface area (Å²) in [5.41, 5.74) is 7.47. The summed E-state index contributed by atoms with van der Waals surface area (Å²) in [5, 5.41) is 1.52. The van der Waals surface area contributed by atoms with Gasteiger partial charge in [0.2, 0.25) is 0 Å². The number of nitrogens with zero attached hydrogens (tertiary/aromatic N) is 2. The van der Waals surface area contributed by atoms with Gasteiger partial charge in [-0.15, -0.1) is 11.3 Å². The van der Waals surface area contributed by atoms with Gasteiger partial charge in [-0.2, -0.15) is 0 Å². The smallest absolute Gasteiger partial charge is 0.157 e. The third-order valence-corrected chi connectivity index (χ3v) is 4.54. The quantitative estimate of drug-likeness (QED) is 0.723. The van der Waals surface area contributed by atoms with E-state index in [1.54, 1.807) is 17.5 Å². The van der Waals surface area contributed by atoms with Crippen molar-refractivity contribution in [3.8, 4) is 0 Å². The van der Waals surface area contributed by atoms with Crippen LogP contribution in [0.15, 0.2) is 45.9 Å². The molecule has 3 nitrogen and oxygen atoms in total. The van der Waals surface area contributed by atoms with E-state index in [-0.39, 0.29) is 0 Å². The zero-order valence-corrected chi connectivity index (χ0v) is 11.5. The SMILES string of the molecule is Nc1ccc2nc(Sc3ccc(Cl)cn3)sc2c1. The van der Waals surface area contributed by atoms with Gasteiger partial charge in [0, 0.05) is 11.9 Å². The summed E-state index contributed by atoms with van der Waals surface area (Å²) in [4.78, 5) is 8.76. The van der Waals surface area contributed by atoms with E-state index in [0.717, 1.165) is 25.3 Å². The molecule has 0 atom stereocenters. The maximum absolute atomic E-state index is 5.80. The number of thiazole rings is 1. The average molecular weight is 294 g/mol. The molecule has 0 bridgehead atoms. The summed E-state index contributed by atoms with van der Waals surface area (Å²) in [7, 11) is 0. The van der Waals surface area contributed by atoms with E-state index in [9.17, 15) is 0 Å². The molecule has 0 radical (unpaired) electrons. The van der Waals surface area contributed by atoms with Crippen molar-refractivity contribution in [3.05, 3.63) is 41.6 Å². The molecular weight excluding hydrogens is 286 g/mol. The lowest BCUT2D eigenvalue weighted by Crippen LogP contribution is -1.81. The molecule has 3 aromatic rings. The number of pyridine rings is 1. The summed E-state index contributed by atoms with van der Waals surface area (Å²) >= 11 is 8.93. The first-order valence-corrected chi connectivity index (χ1v) is 7.17. The monoisotopic (exact) mass is 293 g/mol. The van der Waals surface area contributed by atoms with E-state index in [2.05, 4.69) is 9.97 Å². The number of nitrogen functional groups attached to an aromatic ring is 1. The van der Waals surface area contributed by atoms with Gasteiger partial charge in [-0.05, 0) is 42.1 Å². The Morgan fingerprint density at radius 3 is 2.89 bits per heavy atom. The highest BCUT2D eigenvalue weighted by molar-refractivity contribution is 8.01. The predicted molar refractivity (Wildman–Crippen MR) is 77.4 cm³/mol. The van der Waals surface area contributed by atoms with Crippen LogP contribution in [0.3, 0.4) is 0 Å². The molecule has 0 aliphatic rings. The van der Waals surface area contributed by atoms with E-state index >= 15 is 0 Å². The van der Waals surface area contributed by atoms with Crippen LogP contribution >= 0.6 is 34.7 Å². The van der Waals surface area contributed by atoms with Gasteiger partial charge in [0.1, 0.15) is 5.03 Å². The minimum Gasteiger partial charge on any atom is -0.399 e. The lowest BCUT2D eigenvalue weighted by atomic mass is 10.3. The molecule has 1 aromatic carbocycles. The molecule has 0 saturated heterocycles. The van der Waals surface area contributed by atoms with Crippen LogP contribution < -0.4 is 5.73 Å². The maximum Gasteiger partial charge on any atom is 0.157 e. The topological polar surface area (TPSA) is 51.8 Å². The highest BCUT2D eigenvalue weighted by Gasteiger charge is 2.06. The standard InChI is InChI=1S/C12H8ClN3S2/c13-7-1-4-11(15-6-7)18-12-16-9-3-2-8(14)5-10(9)17-12/h1-6H,14H2. The van der Waals surface area contributed by atoms with Gasteiger partial charge in [-0.25, -0.2) is 9.97 Å². The number of hydrogen-bond acceptors (Lipinski definition) is 5. The molecule has 2 N–H and O–H groups in total. The van der Waals surface area contributed by atoms with E-state index in [1.807, 2.05) is 30.3 Å². The Balaban J connectivity index is 1.92. The molecule has 2 aromatic heterocycles. The van der Waals surface area contributed by atoms with Crippen molar-refractivity contribution in [2.75, 3.05) is 5.73 Å². The van der Waals surface area contributed by atoms with Gasteiger partial charge in [0.25, 0.3) is 0 Å². The van der Waals surface area contributed by atoms with E-state index in [4.69, 9.17) is 17.3 Å². The Morgan fingerprint density at radius 1 is 1.22 bits per heavy atom. The van der Waals surface area contributed by atoms with Crippen molar-refractivity contribution >= 4 is 50.6 Å². The normalized spacial score (nSPS) is 10.9. The maximum atomic E-state index is 5.80. The molecule has 0 saturated carbocycles. The second kappa shape index (κ2) is 4.76. The Bertz CT molecular complexity index is 694. The molecule has 2 heterocycles. The van der Waals surface area contributed by atoms with Gasteiger partial charge in [-0.3, -0.25) is 0 Å². The fourth-order valence-electron chi connectivity index (χ4n) is 1.48. The second-order valence-electron chi connectivity index (χ2n) is 3.62. The molecule has 0 aliphatic heterocycles. The Hall–Kier alpha value is -1.30. The van der Waals surface area contributed by atoms with Crippen LogP contribution in [0, 0.1) is 0 Å². The molecule has 0 fully saturated rings. The van der Waals surface area contributed by atoms with Gasteiger partial charge in [0.05, 0.1) is 15.2 Å². The van der Waals surface area contributed by atoms with Crippen molar-refractivity contribution in [2.45, 2.75) is 9.37 Å². The van der Waals surface area contributed by atoms with E-state index in [0.29, 0.717) is 5.02 Å². The molecule has 90 valence electrons. The van der Waals surface area contributed by atoms with Crippen molar-refractivity contribution in [2.24, 2.45) is 0 Å². The zero-order valence-electron chi connectivity index (χ0n) is 9.13. The van der Waals surface area contributed by atoms with Crippen LogP contribution in [-0.4, -0.2) is 9.97 Å². The zero-order chi connectivity index (χ0) is 12.5. The molecular formula is C12H8ClN3S2. The minimum atomic E-state index is 0.636. The number of nitrogens with two attached hydrogens (primary N) is 1. The molecule has 18 heavy (non-hydrogen) atoms. The average Bonchev–Trinajstić information content (AvgIpc) is 2.73. The summed E-state index contributed by atoms with van der Waals surface area (Å²) in [6.45, 7) is 0. The van der Waals surface area contributed by atoms with Crippen LogP contribution in [0.25, 0.3) is 10.2 Å². The number of anilines is 1. The van der Waals surface area contributed by atoms with Crippen molar-refractivity contribution in [1.29, 1.82) is 0 Å². The highest BCUT2D eigenvalue weighted by Crippen LogP contribution is 2.34. The lowest BCUT2D eigenvalue weighted by molar-refractivity contribution is 1.13. The number of aromatic nitrogens is 2. The van der Waals surface area contributed by atoms with Crippen LogP contribution in [0.5, 0.6) is 0 Å². The Kier molecular flexibility index (Phi) is 3.11. The van der Waals surface area contributed by atoms with Gasteiger partial charge < -0.3 is 5.73 Å². The first-order valence-electron chi connectivity index (χ1n) is 5.16. The van der Waals surface area contributed by atoms with Crippen molar-refractivity contribution in [3.63, 3.8) is 0 Å². The summed E-state index contributed by atoms with van der Waals surface area (Å²) in [6, 6.07) is 9.43. The lowest BCUT2D eigenvalue weighted by Gasteiger charge is -1.95. The number of hydrogen-bond donors (Lipinski definition) is 1. The van der Waals surface area contributed by atoms with Crippen LogP contribution in [0.4, 0.5) is 5.69 Å². The Morgan fingerprint density at radius 2 is 2.11 bits per heavy atom. The highest BCUT2D eigenvalue weighted by atomic mass is 35.5. The fraction of sp³-hybridized carbons (Fsp3) is 0. The van der Waals surface area contributed by atoms with Gasteiger partial charge in [-0.1, -0.05) is 11.6 Å². The number of rotatable bonds is 2. The fourth-order valence-corrected chi connectivity index (χ4v) is 3.59. The number of halogens is 1. The third-order valence-electron chi connectivity index (χ3n) is 2.29. The first kappa shape index (κ1) is 11.8. The molecule has 0 spiro atoms. The van der Waals surface area contributed by atoms with Gasteiger partial charge >= 0.3 is 0 Å². The largest absolute Gasteiger partial charge is 0.399 e. The third kappa shape index (κ3) is 2.43. The van der Waals surface area contributed by atoms with Crippen LogP contribution in [0.2, 0.25) is 5.02 Å². The molecule has 0 amide bonds. The van der Waals surface area contributed by atoms with Crippen molar-refractivity contribution < 1.29 is 0 Å². The molecule has 0 aliphatic carbocycles. The molecule has 0 unspecified atom stereocenters. The van der Waals surface area contributed by atoms with Crippen LogP contribution in [0.1, 0.15) is 0 Å². The first-order chi connectivity index (χ1) is 8.70. The van der Waals surface area contributed by atoms with E-state index in [1.165, 1.54) is 11.8 Å². The molecule has 3 rings (SSSR count). The summed E-state index contributed by atoms with van der Waals surface area (Å²) in [6.07, 6.45) is 1.63. The number of benzene rings is 1. The van der Waals surface area contributed by atoms with E-state index < -0.39 is 0 Å². The summed E-state index contributed by atoms with van der Waals surface area (Å²) < 4.78 is 2.04.